The fourth-order valence-electron chi connectivity index (χ4n) is 3.42. The van der Waals surface area contributed by atoms with Crippen LogP contribution in [0.2, 0.25) is 0 Å². The first-order valence-corrected chi connectivity index (χ1v) is 9.15. The van der Waals surface area contributed by atoms with Gasteiger partial charge in [-0.05, 0) is 37.5 Å². The monoisotopic (exact) mass is 380 g/mol. The largest absolute Gasteiger partial charge is 0.416 e. The number of hydrogen-bond acceptors (Lipinski definition) is 3. The molecule has 1 spiro atoms. The van der Waals surface area contributed by atoms with Gasteiger partial charge in [-0.1, -0.05) is 0 Å². The van der Waals surface area contributed by atoms with Crippen LogP contribution in [0.15, 0.2) is 23.1 Å². The Hall–Kier alpha value is -1.68. The van der Waals surface area contributed by atoms with Crippen molar-refractivity contribution in [1.29, 1.82) is 0 Å². The maximum atomic E-state index is 13.6. The number of nitrogens with one attached hydrogen (secondary N) is 1. The number of carbonyl (C=O) groups is 1. The Kier molecular flexibility index (Phi) is 4.31. The van der Waals surface area contributed by atoms with E-state index in [9.17, 15) is 30.8 Å². The number of halogens is 4. The number of sulfonamides is 1. The Labute approximate surface area is 142 Å². The van der Waals surface area contributed by atoms with E-state index in [-0.39, 0.29) is 25.1 Å². The van der Waals surface area contributed by atoms with Crippen LogP contribution in [0.25, 0.3) is 0 Å². The first-order chi connectivity index (χ1) is 11.5. The van der Waals surface area contributed by atoms with Crippen LogP contribution < -0.4 is 5.32 Å². The molecule has 2 aliphatic rings. The Morgan fingerprint density at radius 3 is 2.48 bits per heavy atom. The molecule has 0 aromatic heterocycles. The summed E-state index contributed by atoms with van der Waals surface area (Å²) in [4.78, 5) is 11.3. The molecule has 5 nitrogen and oxygen atoms in total. The minimum atomic E-state index is -4.86. The van der Waals surface area contributed by atoms with Crippen molar-refractivity contribution in [3.63, 3.8) is 0 Å². The zero-order valence-electron chi connectivity index (χ0n) is 13.1. The zero-order valence-corrected chi connectivity index (χ0v) is 13.9. The molecule has 1 aromatic rings. The molecule has 0 radical (unpaired) electrons. The average molecular weight is 380 g/mol. The molecule has 0 aliphatic carbocycles. The first-order valence-electron chi connectivity index (χ1n) is 7.71. The first kappa shape index (κ1) is 18.1. The summed E-state index contributed by atoms with van der Waals surface area (Å²) in [5, 5.41) is 2.66. The highest BCUT2D eigenvalue weighted by molar-refractivity contribution is 7.89. The third kappa shape index (κ3) is 3.24. The normalized spacial score (nSPS) is 25.4. The van der Waals surface area contributed by atoms with E-state index < -0.39 is 37.9 Å². The van der Waals surface area contributed by atoms with E-state index in [0.717, 1.165) is 4.31 Å². The predicted molar refractivity (Wildman–Crippen MR) is 79.5 cm³/mol. The van der Waals surface area contributed by atoms with Crippen LogP contribution in [-0.2, 0) is 21.0 Å². The average Bonchev–Trinajstić information content (AvgIpc) is 2.86. The number of carbonyl (C=O) groups excluding carboxylic acids is 1. The van der Waals surface area contributed by atoms with Crippen LogP contribution in [0.3, 0.4) is 0 Å². The van der Waals surface area contributed by atoms with Crippen molar-refractivity contribution in [3.8, 4) is 0 Å². The third-order valence-corrected chi connectivity index (χ3v) is 6.57. The van der Waals surface area contributed by atoms with Gasteiger partial charge in [-0.3, -0.25) is 4.79 Å². The van der Waals surface area contributed by atoms with Gasteiger partial charge >= 0.3 is 6.18 Å². The van der Waals surface area contributed by atoms with Crippen LogP contribution in [0.4, 0.5) is 17.6 Å². The van der Waals surface area contributed by atoms with Gasteiger partial charge in [-0.2, -0.15) is 17.5 Å². The number of rotatable bonds is 2. The summed E-state index contributed by atoms with van der Waals surface area (Å²) in [7, 11) is -4.34. The van der Waals surface area contributed by atoms with Crippen LogP contribution >= 0.6 is 0 Å². The molecule has 3 rings (SSSR count). The van der Waals surface area contributed by atoms with Crippen LogP contribution in [0.5, 0.6) is 0 Å². The molecule has 25 heavy (non-hydrogen) atoms. The van der Waals surface area contributed by atoms with Gasteiger partial charge < -0.3 is 5.32 Å². The standard InChI is InChI=1S/C15H16F4N2O3S/c16-11-6-10(15(17,18)19)7-12(8-11)25(23,24)21-5-1-2-14(9-21)3-4-20-13(14)22/h6-8H,1-5,9H2,(H,20,22). The summed E-state index contributed by atoms with van der Waals surface area (Å²) in [6.45, 7) is 0.402. The number of benzene rings is 1. The molecule has 1 amide bonds. The molecule has 1 unspecified atom stereocenters. The van der Waals surface area contributed by atoms with E-state index in [1.54, 1.807) is 0 Å². The smallest absolute Gasteiger partial charge is 0.356 e. The van der Waals surface area contributed by atoms with Crippen LogP contribution in [-0.4, -0.2) is 38.3 Å². The molecular formula is C15H16F4N2O3S. The van der Waals surface area contributed by atoms with Gasteiger partial charge in [0.15, 0.2) is 0 Å². The van der Waals surface area contributed by atoms with Crippen molar-refractivity contribution in [2.75, 3.05) is 19.6 Å². The molecule has 2 aliphatic heterocycles. The van der Waals surface area contributed by atoms with E-state index in [1.807, 2.05) is 0 Å². The van der Waals surface area contributed by atoms with Gasteiger partial charge in [-0.15, -0.1) is 0 Å². The number of hydrogen-bond donors (Lipinski definition) is 1. The van der Waals surface area contributed by atoms with E-state index >= 15 is 0 Å². The summed E-state index contributed by atoms with van der Waals surface area (Å²) in [5.74, 6) is -1.53. The lowest BCUT2D eigenvalue weighted by Crippen LogP contribution is -2.49. The highest BCUT2D eigenvalue weighted by Gasteiger charge is 2.48. The van der Waals surface area contributed by atoms with E-state index in [2.05, 4.69) is 5.32 Å². The molecule has 2 saturated heterocycles. The quantitative estimate of drug-likeness (QED) is 0.800. The molecule has 0 bridgehead atoms. The Balaban J connectivity index is 1.97. The maximum absolute atomic E-state index is 13.6. The van der Waals surface area contributed by atoms with Crippen molar-refractivity contribution in [2.45, 2.75) is 30.3 Å². The van der Waals surface area contributed by atoms with Gasteiger partial charge in [-0.25, -0.2) is 12.8 Å². The Morgan fingerprint density at radius 1 is 1.16 bits per heavy atom. The fourth-order valence-corrected chi connectivity index (χ4v) is 5.05. The van der Waals surface area contributed by atoms with Gasteiger partial charge in [0.25, 0.3) is 0 Å². The topological polar surface area (TPSA) is 66.5 Å². The lowest BCUT2D eigenvalue weighted by molar-refractivity contribution is -0.138. The second kappa shape index (κ2) is 5.94. The zero-order chi connectivity index (χ0) is 18.5. The lowest BCUT2D eigenvalue weighted by atomic mass is 9.79. The fraction of sp³-hybridized carbons (Fsp3) is 0.533. The molecule has 2 heterocycles. The summed E-state index contributed by atoms with van der Waals surface area (Å²) in [6, 6.07) is 1.25. The summed E-state index contributed by atoms with van der Waals surface area (Å²) >= 11 is 0. The highest BCUT2D eigenvalue weighted by atomic mass is 32.2. The SMILES string of the molecule is O=C1NCCC12CCCN(S(=O)(=O)c1cc(F)cc(C(F)(F)F)c1)C2. The molecule has 1 aromatic carbocycles. The second-order valence-corrected chi connectivity index (χ2v) is 8.34. The summed E-state index contributed by atoms with van der Waals surface area (Å²) < 4.78 is 78.5. The van der Waals surface area contributed by atoms with Crippen LogP contribution in [0, 0.1) is 11.2 Å². The summed E-state index contributed by atoms with van der Waals surface area (Å²) in [6.07, 6.45) is -3.47. The van der Waals surface area contributed by atoms with Crippen molar-refractivity contribution < 1.29 is 30.8 Å². The van der Waals surface area contributed by atoms with Crippen molar-refractivity contribution in [2.24, 2.45) is 5.41 Å². The van der Waals surface area contributed by atoms with Crippen molar-refractivity contribution in [1.82, 2.24) is 9.62 Å². The molecule has 0 saturated carbocycles. The van der Waals surface area contributed by atoms with Crippen LogP contribution in [0.1, 0.15) is 24.8 Å². The van der Waals surface area contributed by atoms with Gasteiger partial charge in [0.05, 0.1) is 15.9 Å². The minimum absolute atomic E-state index is 0.0786. The molecule has 2 fully saturated rings. The van der Waals surface area contributed by atoms with E-state index in [0.29, 0.717) is 37.9 Å². The second-order valence-electron chi connectivity index (χ2n) is 6.40. The maximum Gasteiger partial charge on any atom is 0.416 e. The van der Waals surface area contributed by atoms with Gasteiger partial charge in [0.2, 0.25) is 15.9 Å². The van der Waals surface area contributed by atoms with Gasteiger partial charge in [0.1, 0.15) is 5.82 Å². The minimum Gasteiger partial charge on any atom is -0.356 e. The Bertz CT molecular complexity index is 809. The molecular weight excluding hydrogens is 364 g/mol. The number of piperidine rings is 1. The molecule has 1 N–H and O–H groups in total. The van der Waals surface area contributed by atoms with Gasteiger partial charge in [0, 0.05) is 19.6 Å². The molecule has 1 atom stereocenters. The molecule has 138 valence electrons. The third-order valence-electron chi connectivity index (χ3n) is 4.75. The predicted octanol–water partition coefficient (Wildman–Crippen LogP) is 2.14. The van der Waals surface area contributed by atoms with Crippen molar-refractivity contribution >= 4 is 15.9 Å². The summed E-state index contributed by atoms with van der Waals surface area (Å²) in [5.41, 5.74) is -2.22. The highest BCUT2D eigenvalue weighted by Crippen LogP contribution is 2.39. The van der Waals surface area contributed by atoms with E-state index in [1.165, 1.54) is 0 Å². The number of alkyl halides is 3. The number of nitrogens with zero attached hydrogens (tertiary/aromatic N) is 1. The van der Waals surface area contributed by atoms with Crippen molar-refractivity contribution in [3.05, 3.63) is 29.6 Å². The van der Waals surface area contributed by atoms with E-state index in [4.69, 9.17) is 0 Å². The number of amides is 1. The lowest BCUT2D eigenvalue weighted by Gasteiger charge is -2.37. The molecule has 10 heteroatoms. The Morgan fingerprint density at radius 2 is 1.88 bits per heavy atom.